The lowest BCUT2D eigenvalue weighted by Crippen LogP contribution is -2.38. The number of hydrogen-bond acceptors (Lipinski definition) is 3. The zero-order valence-electron chi connectivity index (χ0n) is 13.2. The van der Waals surface area contributed by atoms with Crippen LogP contribution in [0.15, 0.2) is 40.1 Å². The fourth-order valence-electron chi connectivity index (χ4n) is 2.03. The number of pyridine rings is 1. The first-order valence-electron chi connectivity index (χ1n) is 7.11. The summed E-state index contributed by atoms with van der Waals surface area (Å²) in [5.74, 6) is 0.911. The molecule has 0 bridgehead atoms. The van der Waals surface area contributed by atoms with Gasteiger partial charge in [0.2, 0.25) is 0 Å². The van der Waals surface area contributed by atoms with Gasteiger partial charge in [0.1, 0.15) is 0 Å². The van der Waals surface area contributed by atoms with Crippen LogP contribution in [0.2, 0.25) is 0 Å². The Kier molecular flexibility index (Phi) is 8.40. The fraction of sp³-hybridized carbons (Fsp3) is 0.375. The second-order valence-electron chi connectivity index (χ2n) is 4.92. The predicted molar refractivity (Wildman–Crippen MR) is 105 cm³/mol. The van der Waals surface area contributed by atoms with Crippen LogP contribution < -0.4 is 5.32 Å². The van der Waals surface area contributed by atoms with Crippen LogP contribution in [-0.4, -0.2) is 29.4 Å². The third-order valence-electron chi connectivity index (χ3n) is 3.19. The van der Waals surface area contributed by atoms with E-state index >= 15 is 0 Å². The summed E-state index contributed by atoms with van der Waals surface area (Å²) in [6.07, 6.45) is 1.82. The van der Waals surface area contributed by atoms with Gasteiger partial charge >= 0.3 is 0 Å². The summed E-state index contributed by atoms with van der Waals surface area (Å²) < 4.78 is 0. The van der Waals surface area contributed by atoms with Crippen LogP contribution in [-0.2, 0) is 13.1 Å². The fourth-order valence-corrected chi connectivity index (χ4v) is 2.69. The van der Waals surface area contributed by atoms with Gasteiger partial charge < -0.3 is 10.2 Å². The number of hydrogen-bond donors (Lipinski definition) is 1. The summed E-state index contributed by atoms with van der Waals surface area (Å²) in [5, 5.41) is 7.61. The average molecular weight is 430 g/mol. The van der Waals surface area contributed by atoms with Crippen molar-refractivity contribution in [1.82, 2.24) is 15.2 Å². The molecule has 0 spiro atoms. The van der Waals surface area contributed by atoms with Crippen LogP contribution in [0, 0.1) is 6.92 Å². The Morgan fingerprint density at radius 2 is 2.23 bits per heavy atom. The summed E-state index contributed by atoms with van der Waals surface area (Å²) in [6, 6.07) is 6.17. The molecule has 0 aromatic carbocycles. The average Bonchev–Trinajstić information content (AvgIpc) is 2.97. The molecule has 2 heterocycles. The second kappa shape index (κ2) is 9.78. The first-order chi connectivity index (χ1) is 10.2. The van der Waals surface area contributed by atoms with Crippen molar-refractivity contribution in [2.45, 2.75) is 26.9 Å². The monoisotopic (exact) mass is 430 g/mol. The van der Waals surface area contributed by atoms with Gasteiger partial charge in [0.05, 0.1) is 12.2 Å². The topological polar surface area (TPSA) is 40.5 Å². The normalized spacial score (nSPS) is 11.0. The molecule has 0 aliphatic heterocycles. The van der Waals surface area contributed by atoms with Crippen molar-refractivity contribution in [3.05, 3.63) is 52.0 Å². The van der Waals surface area contributed by atoms with Gasteiger partial charge in [0.25, 0.3) is 0 Å². The summed E-state index contributed by atoms with van der Waals surface area (Å²) in [7, 11) is 2.06. The Morgan fingerprint density at radius 3 is 2.86 bits per heavy atom. The van der Waals surface area contributed by atoms with Gasteiger partial charge in [-0.25, -0.2) is 4.99 Å². The number of halogens is 1. The van der Waals surface area contributed by atoms with Crippen molar-refractivity contribution >= 4 is 41.3 Å². The van der Waals surface area contributed by atoms with Crippen molar-refractivity contribution in [1.29, 1.82) is 0 Å². The van der Waals surface area contributed by atoms with E-state index in [9.17, 15) is 0 Å². The van der Waals surface area contributed by atoms with E-state index in [4.69, 9.17) is 4.99 Å². The lowest BCUT2D eigenvalue weighted by molar-refractivity contribution is 0.477. The van der Waals surface area contributed by atoms with Gasteiger partial charge in [0.15, 0.2) is 5.96 Å². The highest BCUT2D eigenvalue weighted by molar-refractivity contribution is 14.0. The van der Waals surface area contributed by atoms with Crippen molar-refractivity contribution in [2.24, 2.45) is 4.99 Å². The quantitative estimate of drug-likeness (QED) is 0.447. The summed E-state index contributed by atoms with van der Waals surface area (Å²) in [4.78, 5) is 11.2. The Balaban J connectivity index is 0.00000242. The van der Waals surface area contributed by atoms with E-state index in [0.29, 0.717) is 6.54 Å². The Morgan fingerprint density at radius 1 is 1.41 bits per heavy atom. The molecular formula is C16H23IN4S. The number of aromatic nitrogens is 1. The molecule has 0 saturated carbocycles. The molecule has 0 amide bonds. The molecule has 0 saturated heterocycles. The largest absolute Gasteiger partial charge is 0.357 e. The molecule has 6 heteroatoms. The van der Waals surface area contributed by atoms with Crippen LogP contribution in [0.1, 0.15) is 23.7 Å². The van der Waals surface area contributed by atoms with Gasteiger partial charge in [-0.05, 0) is 47.9 Å². The minimum atomic E-state index is 0. The molecule has 120 valence electrons. The highest BCUT2D eigenvalue weighted by atomic mass is 127. The first kappa shape index (κ1) is 18.9. The number of guanidine groups is 1. The Hall–Kier alpha value is -1.15. The number of nitrogens with one attached hydrogen (secondary N) is 1. The number of rotatable bonds is 5. The molecule has 2 aromatic heterocycles. The standard InChI is InChI=1S/C16H22N4S.HI/c1-4-17-16(20(3)11-14-7-9-21-12-14)19-10-15-13(2)6-5-8-18-15;/h5-9,12H,4,10-11H2,1-3H3,(H,17,19);1H. The smallest absolute Gasteiger partial charge is 0.194 e. The third-order valence-corrected chi connectivity index (χ3v) is 3.92. The molecular weight excluding hydrogens is 407 g/mol. The molecule has 22 heavy (non-hydrogen) atoms. The second-order valence-corrected chi connectivity index (χ2v) is 5.70. The molecule has 0 aliphatic rings. The summed E-state index contributed by atoms with van der Waals surface area (Å²) >= 11 is 1.72. The lowest BCUT2D eigenvalue weighted by atomic mass is 10.2. The number of thiophene rings is 1. The summed E-state index contributed by atoms with van der Waals surface area (Å²) in [5.41, 5.74) is 3.51. The molecule has 0 fully saturated rings. The van der Waals surface area contributed by atoms with Crippen molar-refractivity contribution in [3.63, 3.8) is 0 Å². The number of nitrogens with zero attached hydrogens (tertiary/aromatic N) is 3. The minimum Gasteiger partial charge on any atom is -0.357 e. The maximum atomic E-state index is 4.70. The highest BCUT2D eigenvalue weighted by Crippen LogP contribution is 2.09. The van der Waals surface area contributed by atoms with Crippen LogP contribution in [0.25, 0.3) is 0 Å². The van der Waals surface area contributed by atoms with E-state index in [2.05, 4.69) is 59.0 Å². The molecule has 0 radical (unpaired) electrons. The van der Waals surface area contributed by atoms with Crippen LogP contribution in [0.3, 0.4) is 0 Å². The van der Waals surface area contributed by atoms with E-state index < -0.39 is 0 Å². The molecule has 2 rings (SSSR count). The minimum absolute atomic E-state index is 0. The van der Waals surface area contributed by atoms with Gasteiger partial charge in [-0.15, -0.1) is 24.0 Å². The predicted octanol–water partition coefficient (Wildman–Crippen LogP) is 3.67. The first-order valence-corrected chi connectivity index (χ1v) is 8.06. The zero-order valence-corrected chi connectivity index (χ0v) is 16.4. The van der Waals surface area contributed by atoms with E-state index in [1.54, 1.807) is 11.3 Å². The number of aryl methyl sites for hydroxylation is 1. The lowest BCUT2D eigenvalue weighted by Gasteiger charge is -2.21. The molecule has 0 aliphatic carbocycles. The molecule has 0 atom stereocenters. The molecule has 2 aromatic rings. The Labute approximate surface area is 153 Å². The van der Waals surface area contributed by atoms with Crippen LogP contribution in [0.4, 0.5) is 0 Å². The van der Waals surface area contributed by atoms with Gasteiger partial charge in [-0.2, -0.15) is 11.3 Å². The van der Waals surface area contributed by atoms with E-state index in [1.807, 2.05) is 12.3 Å². The third kappa shape index (κ3) is 5.57. The molecule has 0 unspecified atom stereocenters. The zero-order chi connectivity index (χ0) is 15.1. The van der Waals surface area contributed by atoms with Gasteiger partial charge in [-0.3, -0.25) is 4.98 Å². The van der Waals surface area contributed by atoms with Crippen molar-refractivity contribution in [2.75, 3.05) is 13.6 Å². The van der Waals surface area contributed by atoms with E-state index in [0.717, 1.165) is 24.7 Å². The molecule has 4 nitrogen and oxygen atoms in total. The van der Waals surface area contributed by atoms with Gasteiger partial charge in [-0.1, -0.05) is 6.07 Å². The SMILES string of the molecule is CCNC(=NCc1ncccc1C)N(C)Cc1ccsc1.I. The van der Waals surface area contributed by atoms with Crippen LogP contribution >= 0.6 is 35.3 Å². The number of aliphatic imine (C=N–C) groups is 1. The maximum Gasteiger partial charge on any atom is 0.194 e. The van der Waals surface area contributed by atoms with Crippen molar-refractivity contribution < 1.29 is 0 Å². The molecule has 1 N–H and O–H groups in total. The van der Waals surface area contributed by atoms with Crippen LogP contribution in [0.5, 0.6) is 0 Å². The highest BCUT2D eigenvalue weighted by Gasteiger charge is 2.07. The summed E-state index contributed by atoms with van der Waals surface area (Å²) in [6.45, 7) is 6.47. The van der Waals surface area contributed by atoms with E-state index in [1.165, 1.54) is 11.1 Å². The van der Waals surface area contributed by atoms with Gasteiger partial charge in [0, 0.05) is 26.3 Å². The van der Waals surface area contributed by atoms with Crippen molar-refractivity contribution in [3.8, 4) is 0 Å². The van der Waals surface area contributed by atoms with E-state index in [-0.39, 0.29) is 24.0 Å². The maximum absolute atomic E-state index is 4.70. The Bertz CT molecular complexity index is 584.